The van der Waals surface area contributed by atoms with Gasteiger partial charge in [0.05, 0.1) is 10.7 Å². The minimum atomic E-state index is 0.464. The topological polar surface area (TPSA) is 49.3 Å². The molecule has 2 aromatic rings. The van der Waals surface area contributed by atoms with Crippen molar-refractivity contribution in [1.82, 2.24) is 15.6 Å². The van der Waals surface area contributed by atoms with Crippen molar-refractivity contribution in [2.45, 2.75) is 33.1 Å². The van der Waals surface area contributed by atoms with E-state index in [9.17, 15) is 0 Å². The molecular weight excluding hydrogens is 316 g/mol. The fourth-order valence-corrected chi connectivity index (χ4v) is 3.35. The Morgan fingerprint density at radius 3 is 2.54 bits per heavy atom. The van der Waals surface area contributed by atoms with Gasteiger partial charge in [0.25, 0.3) is 0 Å². The molecule has 0 radical (unpaired) electrons. The molecule has 5 heteroatoms. The Morgan fingerprint density at radius 1 is 1.21 bits per heavy atom. The largest absolute Gasteiger partial charge is 0.356 e. The molecule has 0 fully saturated rings. The third-order valence-corrected chi connectivity index (χ3v) is 4.91. The highest BCUT2D eigenvalue weighted by Gasteiger charge is 2.15. The van der Waals surface area contributed by atoms with Crippen LogP contribution < -0.4 is 10.6 Å². The van der Waals surface area contributed by atoms with Gasteiger partial charge in [-0.3, -0.25) is 4.99 Å². The number of nitrogens with zero attached hydrogens (tertiary/aromatic N) is 2. The van der Waals surface area contributed by atoms with E-state index in [2.05, 4.69) is 70.2 Å². The Bertz CT molecular complexity index is 634. The fraction of sp³-hybridized carbons (Fsp3) is 0.474. The Balaban J connectivity index is 1.83. The molecule has 0 bridgehead atoms. The summed E-state index contributed by atoms with van der Waals surface area (Å²) < 4.78 is 0. The average Bonchev–Trinajstić information content (AvgIpc) is 2.99. The van der Waals surface area contributed by atoms with Crippen LogP contribution in [0, 0.1) is 12.8 Å². The summed E-state index contributed by atoms with van der Waals surface area (Å²) in [5.41, 5.74) is 2.51. The van der Waals surface area contributed by atoms with Crippen LogP contribution in [0.2, 0.25) is 0 Å². The van der Waals surface area contributed by atoms with Gasteiger partial charge in [-0.2, -0.15) is 0 Å². The number of hydrogen-bond donors (Lipinski definition) is 2. The minimum absolute atomic E-state index is 0.464. The average molecular weight is 345 g/mol. The Morgan fingerprint density at radius 2 is 1.96 bits per heavy atom. The van der Waals surface area contributed by atoms with E-state index < -0.39 is 0 Å². The Labute approximate surface area is 149 Å². The molecule has 4 nitrogen and oxygen atoms in total. The second-order valence-electron chi connectivity index (χ2n) is 6.25. The zero-order valence-electron chi connectivity index (χ0n) is 15.0. The summed E-state index contributed by atoms with van der Waals surface area (Å²) in [6.45, 7) is 8.27. The summed E-state index contributed by atoms with van der Waals surface area (Å²) >= 11 is 1.70. The summed E-state index contributed by atoms with van der Waals surface area (Å²) in [4.78, 5) is 8.81. The lowest BCUT2D eigenvalue weighted by Crippen LogP contribution is -2.40. The summed E-state index contributed by atoms with van der Waals surface area (Å²) in [5, 5.41) is 10.1. The van der Waals surface area contributed by atoms with Gasteiger partial charge in [0, 0.05) is 37.9 Å². The van der Waals surface area contributed by atoms with Gasteiger partial charge >= 0.3 is 0 Å². The molecule has 0 spiro atoms. The van der Waals surface area contributed by atoms with Crippen LogP contribution in [0.5, 0.6) is 0 Å². The third kappa shape index (κ3) is 5.64. The first-order chi connectivity index (χ1) is 11.6. The van der Waals surface area contributed by atoms with Crippen LogP contribution in [0.25, 0.3) is 0 Å². The van der Waals surface area contributed by atoms with Crippen molar-refractivity contribution in [2.24, 2.45) is 10.9 Å². The van der Waals surface area contributed by atoms with E-state index in [-0.39, 0.29) is 0 Å². The predicted molar refractivity (Wildman–Crippen MR) is 104 cm³/mol. The lowest BCUT2D eigenvalue weighted by atomic mass is 9.88. The highest BCUT2D eigenvalue weighted by Crippen LogP contribution is 2.23. The molecule has 1 aromatic heterocycles. The van der Waals surface area contributed by atoms with Crippen LogP contribution in [-0.2, 0) is 6.42 Å². The van der Waals surface area contributed by atoms with Gasteiger partial charge in [0.1, 0.15) is 0 Å². The molecule has 0 aliphatic carbocycles. The van der Waals surface area contributed by atoms with E-state index in [0.717, 1.165) is 36.2 Å². The number of nitrogens with one attached hydrogen (secondary N) is 2. The summed E-state index contributed by atoms with van der Waals surface area (Å²) in [6.07, 6.45) is 0.914. The van der Waals surface area contributed by atoms with Gasteiger partial charge in [-0.1, -0.05) is 44.2 Å². The Hall–Kier alpha value is -1.88. The van der Waals surface area contributed by atoms with Gasteiger partial charge in [0.2, 0.25) is 0 Å². The van der Waals surface area contributed by atoms with E-state index in [1.807, 2.05) is 14.0 Å². The normalized spacial score (nSPS) is 13.1. The lowest BCUT2D eigenvalue weighted by Gasteiger charge is -2.23. The smallest absolute Gasteiger partial charge is 0.191 e. The lowest BCUT2D eigenvalue weighted by molar-refractivity contribution is 0.488. The van der Waals surface area contributed by atoms with E-state index >= 15 is 0 Å². The molecule has 1 unspecified atom stereocenters. The standard InChI is InChI=1S/C19H28N4S/c1-14(2)18(16-8-6-5-7-9-16)12-22-19(20-4)21-11-10-17-13-24-15(3)23-17/h5-9,13-14,18H,10-12H2,1-4H3,(H2,20,21,22). The molecule has 0 amide bonds. The first-order valence-corrected chi connectivity index (χ1v) is 9.38. The highest BCUT2D eigenvalue weighted by atomic mass is 32.1. The third-order valence-electron chi connectivity index (χ3n) is 4.09. The maximum Gasteiger partial charge on any atom is 0.191 e. The van der Waals surface area contributed by atoms with Crippen molar-refractivity contribution >= 4 is 17.3 Å². The molecule has 130 valence electrons. The molecule has 1 aromatic carbocycles. The van der Waals surface area contributed by atoms with Crippen molar-refractivity contribution in [3.05, 3.63) is 52.0 Å². The number of rotatable bonds is 7. The van der Waals surface area contributed by atoms with Gasteiger partial charge in [-0.05, 0) is 18.4 Å². The Kier molecular flexibility index (Phi) is 7.25. The number of aryl methyl sites for hydroxylation is 1. The molecular formula is C19H28N4S. The van der Waals surface area contributed by atoms with Gasteiger partial charge < -0.3 is 10.6 Å². The van der Waals surface area contributed by atoms with E-state index in [0.29, 0.717) is 11.8 Å². The molecule has 2 N–H and O–H groups in total. The highest BCUT2D eigenvalue weighted by molar-refractivity contribution is 7.09. The second kappa shape index (κ2) is 9.42. The van der Waals surface area contributed by atoms with Crippen molar-refractivity contribution < 1.29 is 0 Å². The first-order valence-electron chi connectivity index (χ1n) is 8.50. The minimum Gasteiger partial charge on any atom is -0.356 e. The van der Waals surface area contributed by atoms with Crippen LogP contribution in [0.1, 0.15) is 36.0 Å². The number of guanidine groups is 1. The van der Waals surface area contributed by atoms with Crippen LogP contribution in [-0.4, -0.2) is 31.1 Å². The SMILES string of the molecule is CN=C(NCCc1csc(C)n1)NCC(c1ccccc1)C(C)C. The monoisotopic (exact) mass is 344 g/mol. The van der Waals surface area contributed by atoms with Crippen molar-refractivity contribution in [3.63, 3.8) is 0 Å². The number of benzene rings is 1. The van der Waals surface area contributed by atoms with E-state index in [4.69, 9.17) is 0 Å². The molecule has 1 atom stereocenters. The fourth-order valence-electron chi connectivity index (χ4n) is 2.70. The van der Waals surface area contributed by atoms with Crippen molar-refractivity contribution in [3.8, 4) is 0 Å². The summed E-state index contributed by atoms with van der Waals surface area (Å²) in [7, 11) is 1.81. The van der Waals surface area contributed by atoms with Gasteiger partial charge in [0.15, 0.2) is 5.96 Å². The molecule has 2 rings (SSSR count). The van der Waals surface area contributed by atoms with Crippen LogP contribution in [0.3, 0.4) is 0 Å². The van der Waals surface area contributed by atoms with E-state index in [1.54, 1.807) is 11.3 Å². The van der Waals surface area contributed by atoms with Crippen LogP contribution >= 0.6 is 11.3 Å². The van der Waals surface area contributed by atoms with Crippen molar-refractivity contribution in [1.29, 1.82) is 0 Å². The quantitative estimate of drug-likeness (QED) is 0.596. The van der Waals surface area contributed by atoms with Crippen molar-refractivity contribution in [2.75, 3.05) is 20.1 Å². The zero-order valence-corrected chi connectivity index (χ0v) is 15.9. The predicted octanol–water partition coefficient (Wildman–Crippen LogP) is 3.60. The molecule has 0 aliphatic rings. The molecule has 0 saturated heterocycles. The van der Waals surface area contributed by atoms with Gasteiger partial charge in [-0.15, -0.1) is 11.3 Å². The number of aromatic nitrogens is 1. The maximum absolute atomic E-state index is 4.49. The number of aliphatic imine (C=N–C) groups is 1. The molecule has 1 heterocycles. The molecule has 0 saturated carbocycles. The zero-order chi connectivity index (χ0) is 17.4. The molecule has 24 heavy (non-hydrogen) atoms. The molecule has 0 aliphatic heterocycles. The van der Waals surface area contributed by atoms with Crippen LogP contribution in [0.4, 0.5) is 0 Å². The van der Waals surface area contributed by atoms with Gasteiger partial charge in [-0.25, -0.2) is 4.98 Å². The first kappa shape index (κ1) is 18.5. The maximum atomic E-state index is 4.49. The summed E-state index contributed by atoms with van der Waals surface area (Å²) in [5.74, 6) is 1.88. The van der Waals surface area contributed by atoms with Crippen LogP contribution in [0.15, 0.2) is 40.7 Å². The van der Waals surface area contributed by atoms with E-state index in [1.165, 1.54) is 5.56 Å². The number of hydrogen-bond acceptors (Lipinski definition) is 3. The second-order valence-corrected chi connectivity index (χ2v) is 7.31. The summed E-state index contributed by atoms with van der Waals surface area (Å²) in [6, 6.07) is 10.7. The number of thiazole rings is 1.